The van der Waals surface area contributed by atoms with Crippen molar-refractivity contribution < 1.29 is 5.11 Å². The summed E-state index contributed by atoms with van der Waals surface area (Å²) in [4.78, 5) is 0. The molecule has 0 aliphatic carbocycles. The summed E-state index contributed by atoms with van der Waals surface area (Å²) in [6.07, 6.45) is 1.05. The fourth-order valence-corrected chi connectivity index (χ4v) is 4.56. The van der Waals surface area contributed by atoms with E-state index < -0.39 is 0 Å². The topological polar surface area (TPSA) is 20.2 Å². The number of aromatic hydroxyl groups is 1. The van der Waals surface area contributed by atoms with E-state index in [9.17, 15) is 5.11 Å². The van der Waals surface area contributed by atoms with Crippen LogP contribution in [0.1, 0.15) is 12.5 Å². The summed E-state index contributed by atoms with van der Waals surface area (Å²) in [7, 11) is 0. The van der Waals surface area contributed by atoms with E-state index in [-0.39, 0.29) is 0 Å². The maximum Gasteiger partial charge on any atom is 0.117 e. The zero-order valence-corrected chi connectivity index (χ0v) is 12.3. The van der Waals surface area contributed by atoms with E-state index in [2.05, 4.69) is 41.6 Å². The second-order valence-electron chi connectivity index (χ2n) is 4.04. The molecular weight excluding hydrogens is 343 g/mol. The number of benzene rings is 2. The molecule has 0 fully saturated rings. The van der Waals surface area contributed by atoms with Crippen molar-refractivity contribution in [3.8, 4) is 5.75 Å². The highest BCUT2D eigenvalue weighted by Gasteiger charge is 2.10. The van der Waals surface area contributed by atoms with Crippen molar-refractivity contribution in [2.24, 2.45) is 0 Å². The van der Waals surface area contributed by atoms with Gasteiger partial charge in [-0.15, -0.1) is 11.3 Å². The maximum absolute atomic E-state index is 9.54. The molecule has 0 spiro atoms. The van der Waals surface area contributed by atoms with E-state index in [0.29, 0.717) is 5.75 Å². The molecular formula is C14H11IOS. The van der Waals surface area contributed by atoms with Gasteiger partial charge in [0.05, 0.1) is 0 Å². The SMILES string of the molecule is CCc1c(I)ccc2c1sc1cc(O)ccc12. The number of halogens is 1. The lowest BCUT2D eigenvalue weighted by molar-refractivity contribution is 0.476. The lowest BCUT2D eigenvalue weighted by atomic mass is 10.1. The van der Waals surface area contributed by atoms with Crippen LogP contribution in [0.15, 0.2) is 30.3 Å². The van der Waals surface area contributed by atoms with E-state index in [1.165, 1.54) is 24.6 Å². The monoisotopic (exact) mass is 354 g/mol. The number of rotatable bonds is 1. The van der Waals surface area contributed by atoms with Gasteiger partial charge >= 0.3 is 0 Å². The Morgan fingerprint density at radius 3 is 2.71 bits per heavy atom. The highest BCUT2D eigenvalue weighted by atomic mass is 127. The van der Waals surface area contributed by atoms with E-state index in [0.717, 1.165) is 11.1 Å². The molecule has 2 aromatic carbocycles. The van der Waals surface area contributed by atoms with Crippen molar-refractivity contribution in [3.63, 3.8) is 0 Å². The summed E-state index contributed by atoms with van der Waals surface area (Å²) < 4.78 is 3.85. The first kappa shape index (κ1) is 11.3. The van der Waals surface area contributed by atoms with Gasteiger partial charge in [-0.1, -0.05) is 13.0 Å². The molecule has 0 atom stereocenters. The summed E-state index contributed by atoms with van der Waals surface area (Å²) >= 11 is 4.17. The molecule has 1 nitrogen and oxygen atoms in total. The van der Waals surface area contributed by atoms with Gasteiger partial charge in [0, 0.05) is 23.7 Å². The van der Waals surface area contributed by atoms with Crippen LogP contribution in [0, 0.1) is 3.57 Å². The Balaban J connectivity index is 2.50. The summed E-state index contributed by atoms with van der Waals surface area (Å²) in [6.45, 7) is 2.19. The molecule has 1 aromatic heterocycles. The van der Waals surface area contributed by atoms with Gasteiger partial charge in [0.15, 0.2) is 0 Å². The first-order chi connectivity index (χ1) is 8.20. The van der Waals surface area contributed by atoms with Crippen molar-refractivity contribution in [1.82, 2.24) is 0 Å². The van der Waals surface area contributed by atoms with Crippen molar-refractivity contribution in [3.05, 3.63) is 39.5 Å². The number of fused-ring (bicyclic) bond motifs is 3. The first-order valence-corrected chi connectivity index (χ1v) is 7.43. The smallest absolute Gasteiger partial charge is 0.117 e. The van der Waals surface area contributed by atoms with Gasteiger partial charge in [0.1, 0.15) is 5.75 Å². The Bertz CT molecular complexity index is 715. The molecule has 3 heteroatoms. The lowest BCUT2D eigenvalue weighted by Gasteiger charge is -2.02. The van der Waals surface area contributed by atoms with Crippen LogP contribution in [0.5, 0.6) is 5.75 Å². The van der Waals surface area contributed by atoms with Crippen LogP contribution in [0.3, 0.4) is 0 Å². The van der Waals surface area contributed by atoms with Crippen molar-refractivity contribution in [1.29, 1.82) is 0 Å². The molecule has 0 aliphatic heterocycles. The van der Waals surface area contributed by atoms with Crippen LogP contribution in [0.4, 0.5) is 0 Å². The van der Waals surface area contributed by atoms with Gasteiger partial charge in [-0.3, -0.25) is 0 Å². The third kappa shape index (κ3) is 1.72. The van der Waals surface area contributed by atoms with E-state index in [1.807, 2.05) is 12.1 Å². The van der Waals surface area contributed by atoms with Crippen LogP contribution in [0.25, 0.3) is 20.2 Å². The van der Waals surface area contributed by atoms with Crippen molar-refractivity contribution in [2.75, 3.05) is 0 Å². The Kier molecular flexibility index (Phi) is 2.75. The van der Waals surface area contributed by atoms with Gasteiger partial charge in [-0.25, -0.2) is 0 Å². The number of hydrogen-bond donors (Lipinski definition) is 1. The van der Waals surface area contributed by atoms with Crippen molar-refractivity contribution >= 4 is 54.1 Å². The van der Waals surface area contributed by atoms with Crippen LogP contribution < -0.4 is 0 Å². The molecule has 0 unspecified atom stereocenters. The maximum atomic E-state index is 9.54. The molecule has 0 aliphatic rings. The number of hydrogen-bond acceptors (Lipinski definition) is 2. The van der Waals surface area contributed by atoms with Crippen LogP contribution in [-0.4, -0.2) is 5.11 Å². The highest BCUT2D eigenvalue weighted by Crippen LogP contribution is 2.38. The first-order valence-electron chi connectivity index (χ1n) is 5.53. The third-order valence-electron chi connectivity index (χ3n) is 3.02. The van der Waals surface area contributed by atoms with Gasteiger partial charge in [-0.05, 0) is 58.8 Å². The molecule has 1 N–H and O–H groups in total. The van der Waals surface area contributed by atoms with Gasteiger partial charge < -0.3 is 5.11 Å². The normalized spacial score (nSPS) is 11.4. The number of aryl methyl sites for hydroxylation is 1. The zero-order valence-electron chi connectivity index (χ0n) is 9.33. The molecule has 86 valence electrons. The molecule has 1 heterocycles. The van der Waals surface area contributed by atoms with Gasteiger partial charge in [-0.2, -0.15) is 0 Å². The summed E-state index contributed by atoms with van der Waals surface area (Å²) in [5, 5.41) is 12.1. The van der Waals surface area contributed by atoms with Gasteiger partial charge in [0.25, 0.3) is 0 Å². The Morgan fingerprint density at radius 1 is 1.18 bits per heavy atom. The summed E-state index contributed by atoms with van der Waals surface area (Å²) in [6, 6.07) is 9.99. The quantitative estimate of drug-likeness (QED) is 0.615. The lowest BCUT2D eigenvalue weighted by Crippen LogP contribution is -1.85. The number of thiophene rings is 1. The van der Waals surface area contributed by atoms with E-state index in [4.69, 9.17) is 0 Å². The number of phenols is 1. The predicted octanol–water partition coefficient (Wildman–Crippen LogP) is 4.93. The van der Waals surface area contributed by atoms with Crippen LogP contribution in [0.2, 0.25) is 0 Å². The molecule has 0 saturated carbocycles. The largest absolute Gasteiger partial charge is 0.508 e. The summed E-state index contributed by atoms with van der Waals surface area (Å²) in [5.41, 5.74) is 1.42. The Morgan fingerprint density at radius 2 is 1.94 bits per heavy atom. The summed E-state index contributed by atoms with van der Waals surface area (Å²) in [5.74, 6) is 0.344. The third-order valence-corrected chi connectivity index (χ3v) is 5.26. The Labute approximate surface area is 117 Å². The molecule has 17 heavy (non-hydrogen) atoms. The fraction of sp³-hybridized carbons (Fsp3) is 0.143. The molecule has 0 radical (unpaired) electrons. The second-order valence-corrected chi connectivity index (χ2v) is 6.25. The molecule has 3 rings (SSSR count). The van der Waals surface area contributed by atoms with E-state index >= 15 is 0 Å². The van der Waals surface area contributed by atoms with E-state index in [1.54, 1.807) is 17.4 Å². The molecule has 0 bridgehead atoms. The zero-order chi connectivity index (χ0) is 12.0. The van der Waals surface area contributed by atoms with Crippen molar-refractivity contribution in [2.45, 2.75) is 13.3 Å². The molecule has 3 aromatic rings. The van der Waals surface area contributed by atoms with Gasteiger partial charge in [0.2, 0.25) is 0 Å². The molecule has 0 saturated heterocycles. The minimum atomic E-state index is 0.344. The average Bonchev–Trinajstić information content (AvgIpc) is 2.66. The Hall–Kier alpha value is -0.810. The minimum Gasteiger partial charge on any atom is -0.508 e. The average molecular weight is 354 g/mol. The molecule has 0 amide bonds. The minimum absolute atomic E-state index is 0.344. The predicted molar refractivity (Wildman–Crippen MR) is 83.1 cm³/mol. The fourth-order valence-electron chi connectivity index (χ4n) is 2.19. The van der Waals surface area contributed by atoms with Crippen LogP contribution >= 0.6 is 33.9 Å². The number of phenolic OH excluding ortho intramolecular Hbond substituents is 1. The highest BCUT2D eigenvalue weighted by molar-refractivity contribution is 14.1. The second kappa shape index (κ2) is 4.14. The standard InChI is InChI=1S/C14H11IOS/c1-2-9-12(15)6-5-11-10-4-3-8(16)7-13(10)17-14(9)11/h3-7,16H,2H2,1H3. The van der Waals surface area contributed by atoms with Crippen LogP contribution in [-0.2, 0) is 6.42 Å².